The SMILES string of the molecule is COc1cc(C2C3=C(CC(C)(C)CC3=O)Nc3nc(-c4cccc(C)c4)nn32)cc(OC)c1OC. The number of carbonyl (C=O) groups is 1. The Morgan fingerprint density at radius 2 is 1.74 bits per heavy atom. The number of aromatic nitrogens is 3. The molecule has 3 aromatic rings. The lowest BCUT2D eigenvalue weighted by atomic mass is 9.73. The van der Waals surface area contributed by atoms with Gasteiger partial charge in [0, 0.05) is 23.3 Å². The highest BCUT2D eigenvalue weighted by atomic mass is 16.5. The number of fused-ring (bicyclic) bond motifs is 1. The van der Waals surface area contributed by atoms with Gasteiger partial charge in [-0.1, -0.05) is 37.6 Å². The van der Waals surface area contributed by atoms with Crippen molar-refractivity contribution in [3.05, 3.63) is 58.8 Å². The zero-order valence-corrected chi connectivity index (χ0v) is 20.9. The van der Waals surface area contributed by atoms with E-state index in [-0.39, 0.29) is 11.2 Å². The van der Waals surface area contributed by atoms with Crippen molar-refractivity contribution in [3.8, 4) is 28.6 Å². The minimum atomic E-state index is -0.482. The van der Waals surface area contributed by atoms with E-state index in [0.717, 1.165) is 28.8 Å². The Kier molecular flexibility index (Phi) is 5.54. The second kappa shape index (κ2) is 8.45. The van der Waals surface area contributed by atoms with Gasteiger partial charge in [0.1, 0.15) is 6.04 Å². The highest BCUT2D eigenvalue weighted by Gasteiger charge is 2.42. The summed E-state index contributed by atoms with van der Waals surface area (Å²) in [5.41, 5.74) is 4.29. The van der Waals surface area contributed by atoms with Crippen LogP contribution in [0.1, 0.15) is 43.9 Å². The van der Waals surface area contributed by atoms with Crippen LogP contribution >= 0.6 is 0 Å². The molecule has 0 bridgehead atoms. The molecule has 35 heavy (non-hydrogen) atoms. The summed E-state index contributed by atoms with van der Waals surface area (Å²) in [6, 6.07) is 11.4. The number of Topliss-reactive ketones (excluding diaryl/α,β-unsaturated/α-hetero) is 1. The second-order valence-corrected chi connectivity index (χ2v) is 9.89. The highest BCUT2D eigenvalue weighted by Crippen LogP contribution is 2.48. The van der Waals surface area contributed by atoms with Crippen molar-refractivity contribution in [3.63, 3.8) is 0 Å². The van der Waals surface area contributed by atoms with Gasteiger partial charge in [0.25, 0.3) is 0 Å². The molecule has 0 amide bonds. The molecule has 2 heterocycles. The molecule has 2 aromatic carbocycles. The number of benzene rings is 2. The number of nitrogens with one attached hydrogen (secondary N) is 1. The summed E-state index contributed by atoms with van der Waals surface area (Å²) in [7, 11) is 4.74. The Bertz CT molecular complexity index is 1330. The van der Waals surface area contributed by atoms with E-state index in [2.05, 4.69) is 25.2 Å². The van der Waals surface area contributed by atoms with Gasteiger partial charge < -0.3 is 19.5 Å². The van der Waals surface area contributed by atoms with Gasteiger partial charge in [0.05, 0.1) is 21.3 Å². The van der Waals surface area contributed by atoms with Crippen molar-refractivity contribution in [1.29, 1.82) is 0 Å². The summed E-state index contributed by atoms with van der Waals surface area (Å²) in [4.78, 5) is 18.4. The first kappa shape index (κ1) is 23.0. The molecule has 1 aliphatic heterocycles. The number of ether oxygens (including phenoxy) is 3. The number of ketones is 1. The summed E-state index contributed by atoms with van der Waals surface area (Å²) in [6.45, 7) is 6.27. The van der Waals surface area contributed by atoms with Crippen molar-refractivity contribution in [2.45, 2.75) is 39.7 Å². The lowest BCUT2D eigenvalue weighted by Gasteiger charge is -2.38. The monoisotopic (exact) mass is 474 g/mol. The molecule has 5 rings (SSSR count). The van der Waals surface area contributed by atoms with Crippen LogP contribution in [0.4, 0.5) is 5.95 Å². The lowest BCUT2D eigenvalue weighted by Crippen LogP contribution is -2.36. The van der Waals surface area contributed by atoms with Crippen LogP contribution in [-0.2, 0) is 4.79 Å². The number of hydrogen-bond acceptors (Lipinski definition) is 7. The van der Waals surface area contributed by atoms with Gasteiger partial charge in [-0.15, -0.1) is 5.10 Å². The first-order valence-corrected chi connectivity index (χ1v) is 11.6. The standard InChI is InChI=1S/C27H30N4O4/c1-15-8-7-9-16(10-15)25-29-26-28-18-13-27(2,3)14-19(32)22(18)23(31(26)30-25)17-11-20(33-4)24(35-6)21(12-17)34-5/h7-12,23H,13-14H2,1-6H3,(H,28,29,30). The van der Waals surface area contributed by atoms with E-state index in [1.54, 1.807) is 26.0 Å². The summed E-state index contributed by atoms with van der Waals surface area (Å²) < 4.78 is 18.6. The topological polar surface area (TPSA) is 87.5 Å². The third-order valence-electron chi connectivity index (χ3n) is 6.61. The normalized spacial score (nSPS) is 18.5. The van der Waals surface area contributed by atoms with Crippen molar-refractivity contribution < 1.29 is 19.0 Å². The zero-order chi connectivity index (χ0) is 24.9. The fourth-order valence-corrected chi connectivity index (χ4v) is 5.08. The van der Waals surface area contributed by atoms with E-state index in [1.807, 2.05) is 37.3 Å². The lowest BCUT2D eigenvalue weighted by molar-refractivity contribution is -0.118. The van der Waals surface area contributed by atoms with Crippen molar-refractivity contribution in [2.75, 3.05) is 26.6 Å². The Morgan fingerprint density at radius 1 is 1.03 bits per heavy atom. The molecule has 0 fully saturated rings. The molecular weight excluding hydrogens is 444 g/mol. The quantitative estimate of drug-likeness (QED) is 0.561. The van der Waals surface area contributed by atoms with E-state index in [4.69, 9.17) is 24.3 Å². The van der Waals surface area contributed by atoms with Crippen LogP contribution in [0.15, 0.2) is 47.7 Å². The fourth-order valence-electron chi connectivity index (χ4n) is 5.08. The van der Waals surface area contributed by atoms with Crippen molar-refractivity contribution in [2.24, 2.45) is 5.41 Å². The van der Waals surface area contributed by atoms with Gasteiger partial charge in [-0.3, -0.25) is 4.79 Å². The third-order valence-corrected chi connectivity index (χ3v) is 6.61. The first-order chi connectivity index (χ1) is 16.7. The summed E-state index contributed by atoms with van der Waals surface area (Å²) in [5.74, 6) is 2.83. The molecule has 1 aliphatic carbocycles. The van der Waals surface area contributed by atoms with Crippen LogP contribution < -0.4 is 19.5 Å². The number of allylic oxidation sites excluding steroid dienone is 2. The number of carbonyl (C=O) groups excluding carboxylic acids is 1. The van der Waals surface area contributed by atoms with Crippen LogP contribution in [0.5, 0.6) is 17.2 Å². The van der Waals surface area contributed by atoms with E-state index in [9.17, 15) is 4.79 Å². The van der Waals surface area contributed by atoms with Gasteiger partial charge in [-0.25, -0.2) is 4.68 Å². The minimum Gasteiger partial charge on any atom is -0.493 e. The largest absolute Gasteiger partial charge is 0.493 e. The summed E-state index contributed by atoms with van der Waals surface area (Å²) in [5, 5.41) is 8.31. The Balaban J connectivity index is 1.73. The predicted molar refractivity (Wildman–Crippen MR) is 133 cm³/mol. The molecule has 1 atom stereocenters. The molecule has 0 saturated carbocycles. The van der Waals surface area contributed by atoms with Gasteiger partial charge in [-0.2, -0.15) is 4.98 Å². The van der Waals surface area contributed by atoms with E-state index >= 15 is 0 Å². The first-order valence-electron chi connectivity index (χ1n) is 11.6. The smallest absolute Gasteiger partial charge is 0.226 e. The Morgan fingerprint density at radius 3 is 2.37 bits per heavy atom. The Labute approximate surface area is 204 Å². The van der Waals surface area contributed by atoms with Crippen LogP contribution in [-0.4, -0.2) is 41.9 Å². The zero-order valence-electron chi connectivity index (χ0n) is 20.9. The van der Waals surface area contributed by atoms with Crippen molar-refractivity contribution in [1.82, 2.24) is 14.8 Å². The third kappa shape index (κ3) is 3.92. The molecule has 2 aliphatic rings. The van der Waals surface area contributed by atoms with Crippen LogP contribution in [0.2, 0.25) is 0 Å². The van der Waals surface area contributed by atoms with Gasteiger partial charge >= 0.3 is 0 Å². The molecule has 1 unspecified atom stereocenters. The molecule has 0 saturated heterocycles. The highest BCUT2D eigenvalue weighted by molar-refractivity contribution is 6.00. The minimum absolute atomic E-state index is 0.0979. The molecule has 1 aromatic heterocycles. The van der Waals surface area contributed by atoms with Crippen LogP contribution in [0.3, 0.4) is 0 Å². The molecule has 0 spiro atoms. The Hall–Kier alpha value is -3.81. The van der Waals surface area contributed by atoms with Crippen LogP contribution in [0.25, 0.3) is 11.4 Å². The number of anilines is 1. The van der Waals surface area contributed by atoms with Gasteiger partial charge in [0.2, 0.25) is 11.7 Å². The molecule has 0 radical (unpaired) electrons. The predicted octanol–water partition coefficient (Wildman–Crippen LogP) is 4.94. The van der Waals surface area contributed by atoms with Crippen molar-refractivity contribution >= 4 is 11.7 Å². The number of nitrogens with zero attached hydrogens (tertiary/aromatic N) is 3. The molecule has 182 valence electrons. The maximum absolute atomic E-state index is 13.5. The van der Waals surface area contributed by atoms with Gasteiger partial charge in [0.15, 0.2) is 23.1 Å². The van der Waals surface area contributed by atoms with E-state index in [1.165, 1.54) is 0 Å². The second-order valence-electron chi connectivity index (χ2n) is 9.89. The van der Waals surface area contributed by atoms with E-state index in [0.29, 0.717) is 41.0 Å². The number of methoxy groups -OCH3 is 3. The number of hydrogen-bond donors (Lipinski definition) is 1. The molecule has 1 N–H and O–H groups in total. The molecular formula is C27H30N4O4. The average Bonchev–Trinajstić information content (AvgIpc) is 3.24. The summed E-state index contributed by atoms with van der Waals surface area (Å²) in [6.07, 6.45) is 1.20. The van der Waals surface area contributed by atoms with Crippen LogP contribution in [0, 0.1) is 12.3 Å². The fraction of sp³-hybridized carbons (Fsp3) is 0.370. The maximum Gasteiger partial charge on any atom is 0.226 e. The van der Waals surface area contributed by atoms with E-state index < -0.39 is 6.04 Å². The number of aryl methyl sites for hydroxylation is 1. The molecule has 8 heteroatoms. The molecule has 8 nitrogen and oxygen atoms in total. The summed E-state index contributed by atoms with van der Waals surface area (Å²) >= 11 is 0. The van der Waals surface area contributed by atoms with Gasteiger partial charge in [-0.05, 0) is 42.5 Å². The number of rotatable bonds is 5. The average molecular weight is 475 g/mol. The maximum atomic E-state index is 13.5.